The highest BCUT2D eigenvalue weighted by molar-refractivity contribution is 7.15. The van der Waals surface area contributed by atoms with E-state index in [0.717, 1.165) is 19.7 Å². The molecule has 1 N–H and O–H groups in total. The predicted molar refractivity (Wildman–Crippen MR) is 85.0 cm³/mol. The molecule has 2 heterocycles. The lowest BCUT2D eigenvalue weighted by atomic mass is 10.0. The summed E-state index contributed by atoms with van der Waals surface area (Å²) >= 11 is 1.88. The predicted octanol–water partition coefficient (Wildman–Crippen LogP) is 3.93. The Hall–Kier alpha value is -1.16. The summed E-state index contributed by atoms with van der Waals surface area (Å²) in [5.74, 6) is 0.670. The third kappa shape index (κ3) is 3.29. The number of benzene rings is 1. The van der Waals surface area contributed by atoms with E-state index in [1.165, 1.54) is 21.7 Å². The summed E-state index contributed by atoms with van der Waals surface area (Å²) in [6.07, 6.45) is 1.60. The van der Waals surface area contributed by atoms with Crippen molar-refractivity contribution >= 4 is 11.3 Å². The van der Waals surface area contributed by atoms with Crippen LogP contribution in [-0.2, 0) is 11.3 Å². The van der Waals surface area contributed by atoms with E-state index in [0.29, 0.717) is 12.0 Å². The Morgan fingerprint density at radius 3 is 2.80 bits per heavy atom. The van der Waals surface area contributed by atoms with Gasteiger partial charge in [-0.1, -0.05) is 30.3 Å². The second-order valence-electron chi connectivity index (χ2n) is 5.39. The third-order valence-electron chi connectivity index (χ3n) is 3.96. The molecule has 0 radical (unpaired) electrons. The highest BCUT2D eigenvalue weighted by Gasteiger charge is 2.23. The van der Waals surface area contributed by atoms with Crippen molar-refractivity contribution in [1.29, 1.82) is 0 Å². The molecule has 1 aliphatic heterocycles. The molecule has 2 atom stereocenters. The van der Waals surface area contributed by atoms with E-state index < -0.39 is 0 Å². The Balaban J connectivity index is 1.53. The Labute approximate surface area is 124 Å². The molecule has 1 aliphatic rings. The van der Waals surface area contributed by atoms with Crippen LogP contribution in [0.4, 0.5) is 0 Å². The van der Waals surface area contributed by atoms with E-state index in [9.17, 15) is 0 Å². The van der Waals surface area contributed by atoms with Gasteiger partial charge >= 0.3 is 0 Å². The van der Waals surface area contributed by atoms with Gasteiger partial charge in [0, 0.05) is 29.5 Å². The van der Waals surface area contributed by atoms with Crippen molar-refractivity contribution in [2.24, 2.45) is 5.92 Å². The number of nitrogens with one attached hydrogen (secondary N) is 1. The molecule has 2 unspecified atom stereocenters. The number of hydrogen-bond acceptors (Lipinski definition) is 3. The van der Waals surface area contributed by atoms with Gasteiger partial charge in [0.2, 0.25) is 0 Å². The number of rotatable bonds is 5. The van der Waals surface area contributed by atoms with Crippen LogP contribution in [0.15, 0.2) is 42.5 Å². The van der Waals surface area contributed by atoms with Crippen LogP contribution in [0.3, 0.4) is 0 Å². The molecule has 0 bridgehead atoms. The quantitative estimate of drug-likeness (QED) is 0.899. The average molecular weight is 287 g/mol. The molecular formula is C17H21NOS. The second kappa shape index (κ2) is 6.53. The number of hydrogen-bond donors (Lipinski definition) is 1. The summed E-state index contributed by atoms with van der Waals surface area (Å²) in [4.78, 5) is 2.75. The summed E-state index contributed by atoms with van der Waals surface area (Å²) in [7, 11) is 0. The fraction of sp³-hybridized carbons (Fsp3) is 0.412. The Kier molecular flexibility index (Phi) is 4.51. The van der Waals surface area contributed by atoms with Crippen molar-refractivity contribution < 1.29 is 4.74 Å². The molecule has 0 saturated carbocycles. The molecule has 106 valence electrons. The van der Waals surface area contributed by atoms with Crippen LogP contribution < -0.4 is 5.32 Å². The Bertz CT molecular complexity index is 537. The lowest BCUT2D eigenvalue weighted by molar-refractivity contribution is 0.105. The monoisotopic (exact) mass is 287 g/mol. The molecule has 2 aromatic rings. The van der Waals surface area contributed by atoms with E-state index in [-0.39, 0.29) is 0 Å². The van der Waals surface area contributed by atoms with Crippen molar-refractivity contribution in [2.75, 3.05) is 13.2 Å². The Morgan fingerprint density at radius 1 is 1.20 bits per heavy atom. The normalized spacial score (nSPS) is 22.2. The molecule has 20 heavy (non-hydrogen) atoms. The molecule has 1 aromatic heterocycles. The molecule has 1 aromatic carbocycles. The smallest absolute Gasteiger partial charge is 0.0588 e. The first-order valence-corrected chi connectivity index (χ1v) is 8.11. The van der Waals surface area contributed by atoms with Crippen molar-refractivity contribution in [2.45, 2.75) is 26.0 Å². The van der Waals surface area contributed by atoms with Crippen LogP contribution in [0.1, 0.15) is 18.2 Å². The zero-order valence-electron chi connectivity index (χ0n) is 11.8. The molecule has 3 heteroatoms. The number of thiophene rings is 1. The van der Waals surface area contributed by atoms with Gasteiger partial charge in [-0.05, 0) is 37.0 Å². The third-order valence-corrected chi connectivity index (χ3v) is 5.09. The molecule has 2 nitrogen and oxygen atoms in total. The first-order chi connectivity index (χ1) is 9.83. The van der Waals surface area contributed by atoms with Crippen LogP contribution >= 0.6 is 11.3 Å². The zero-order chi connectivity index (χ0) is 13.8. The maximum absolute atomic E-state index is 5.59. The van der Waals surface area contributed by atoms with Crippen LogP contribution in [-0.4, -0.2) is 19.3 Å². The maximum atomic E-state index is 5.59. The molecule has 1 fully saturated rings. The standard InChI is InChI=1S/C17H21NOS/c1-13-15(9-10-19-13)11-18-12-16-7-8-17(20-16)14-5-3-2-4-6-14/h2-8,13,15,18H,9-12H2,1H3. The Morgan fingerprint density at radius 2 is 2.05 bits per heavy atom. The highest BCUT2D eigenvalue weighted by atomic mass is 32.1. The SMILES string of the molecule is CC1OCCC1CNCc1ccc(-c2ccccc2)s1. The molecule has 0 spiro atoms. The minimum absolute atomic E-state index is 0.408. The van der Waals surface area contributed by atoms with Gasteiger partial charge in [-0.3, -0.25) is 0 Å². The first-order valence-electron chi connectivity index (χ1n) is 7.29. The summed E-state index contributed by atoms with van der Waals surface area (Å²) in [6, 6.07) is 15.0. The van der Waals surface area contributed by atoms with Gasteiger partial charge < -0.3 is 10.1 Å². The number of ether oxygens (including phenoxy) is 1. The van der Waals surface area contributed by atoms with Gasteiger partial charge in [0.1, 0.15) is 0 Å². The molecular weight excluding hydrogens is 266 g/mol. The maximum Gasteiger partial charge on any atom is 0.0588 e. The fourth-order valence-electron chi connectivity index (χ4n) is 2.66. The minimum atomic E-state index is 0.408. The minimum Gasteiger partial charge on any atom is -0.378 e. The molecule has 3 rings (SSSR count). The summed E-state index contributed by atoms with van der Waals surface area (Å²) < 4.78 is 5.59. The lowest BCUT2D eigenvalue weighted by Crippen LogP contribution is -2.26. The molecule has 0 aliphatic carbocycles. The summed E-state index contributed by atoms with van der Waals surface area (Å²) in [5, 5.41) is 3.57. The van der Waals surface area contributed by atoms with Crippen molar-refractivity contribution in [3.05, 3.63) is 47.3 Å². The van der Waals surface area contributed by atoms with Gasteiger partial charge in [-0.15, -0.1) is 11.3 Å². The van der Waals surface area contributed by atoms with Crippen LogP contribution in [0.25, 0.3) is 10.4 Å². The summed E-state index contributed by atoms with van der Waals surface area (Å²) in [5.41, 5.74) is 1.31. The van der Waals surface area contributed by atoms with Gasteiger partial charge in [-0.25, -0.2) is 0 Å². The van der Waals surface area contributed by atoms with E-state index in [2.05, 4.69) is 54.7 Å². The van der Waals surface area contributed by atoms with E-state index in [1.54, 1.807) is 0 Å². The van der Waals surface area contributed by atoms with Gasteiger partial charge in [-0.2, -0.15) is 0 Å². The second-order valence-corrected chi connectivity index (χ2v) is 6.56. The average Bonchev–Trinajstić information content (AvgIpc) is 3.10. The van der Waals surface area contributed by atoms with Crippen molar-refractivity contribution in [3.63, 3.8) is 0 Å². The van der Waals surface area contributed by atoms with Crippen LogP contribution in [0.5, 0.6) is 0 Å². The van der Waals surface area contributed by atoms with Gasteiger partial charge in [0.05, 0.1) is 6.10 Å². The molecule has 0 amide bonds. The fourth-order valence-corrected chi connectivity index (χ4v) is 3.64. The molecule has 1 saturated heterocycles. The largest absolute Gasteiger partial charge is 0.378 e. The van der Waals surface area contributed by atoms with E-state index in [4.69, 9.17) is 4.74 Å². The van der Waals surface area contributed by atoms with Gasteiger partial charge in [0.25, 0.3) is 0 Å². The van der Waals surface area contributed by atoms with E-state index >= 15 is 0 Å². The highest BCUT2D eigenvalue weighted by Crippen LogP contribution is 2.28. The topological polar surface area (TPSA) is 21.3 Å². The lowest BCUT2D eigenvalue weighted by Gasteiger charge is -2.14. The van der Waals surface area contributed by atoms with Crippen molar-refractivity contribution in [1.82, 2.24) is 5.32 Å². The van der Waals surface area contributed by atoms with Crippen LogP contribution in [0.2, 0.25) is 0 Å². The van der Waals surface area contributed by atoms with Crippen LogP contribution in [0, 0.1) is 5.92 Å². The van der Waals surface area contributed by atoms with E-state index in [1.807, 2.05) is 11.3 Å². The van der Waals surface area contributed by atoms with Crippen molar-refractivity contribution in [3.8, 4) is 10.4 Å². The zero-order valence-corrected chi connectivity index (χ0v) is 12.7. The van der Waals surface area contributed by atoms with Gasteiger partial charge in [0.15, 0.2) is 0 Å². The first kappa shape index (κ1) is 13.8. The summed E-state index contributed by atoms with van der Waals surface area (Å²) in [6.45, 7) is 5.11.